The number of amides is 2. The Labute approximate surface area is 197 Å². The number of methoxy groups -OCH3 is 3. The molecular formula is C25H25N3O6. The second kappa shape index (κ2) is 11.9. The summed E-state index contributed by atoms with van der Waals surface area (Å²) in [7, 11) is 4.56. The van der Waals surface area contributed by atoms with Crippen molar-refractivity contribution in [3.05, 3.63) is 77.9 Å². The van der Waals surface area contributed by atoms with Crippen LogP contribution in [-0.4, -0.2) is 46.0 Å². The summed E-state index contributed by atoms with van der Waals surface area (Å²) in [5.74, 6) is 1.36. The molecule has 0 bridgehead atoms. The number of ether oxygens (including phenoxy) is 4. The Morgan fingerprint density at radius 2 is 1.56 bits per heavy atom. The van der Waals surface area contributed by atoms with Gasteiger partial charge in [0.25, 0.3) is 11.8 Å². The van der Waals surface area contributed by atoms with Gasteiger partial charge in [-0.25, -0.2) is 5.43 Å². The van der Waals surface area contributed by atoms with E-state index in [0.717, 1.165) is 5.56 Å². The Morgan fingerprint density at radius 3 is 2.26 bits per heavy atom. The van der Waals surface area contributed by atoms with Gasteiger partial charge in [0.2, 0.25) is 0 Å². The lowest BCUT2D eigenvalue weighted by molar-refractivity contribution is -0.118. The second-order valence-corrected chi connectivity index (χ2v) is 6.88. The van der Waals surface area contributed by atoms with Gasteiger partial charge in [0.15, 0.2) is 18.1 Å². The van der Waals surface area contributed by atoms with Crippen molar-refractivity contribution in [2.24, 2.45) is 5.10 Å². The fraction of sp³-hybridized carbons (Fsp3) is 0.160. The number of hydrogen-bond acceptors (Lipinski definition) is 7. The van der Waals surface area contributed by atoms with Crippen LogP contribution < -0.4 is 29.7 Å². The molecule has 0 saturated carbocycles. The Hall–Kier alpha value is -4.53. The molecule has 0 aliphatic rings. The minimum absolute atomic E-state index is 0.160. The molecular weight excluding hydrogens is 438 g/mol. The minimum atomic E-state index is -0.391. The van der Waals surface area contributed by atoms with Gasteiger partial charge in [0, 0.05) is 5.56 Å². The smallest absolute Gasteiger partial charge is 0.271 e. The predicted octanol–water partition coefficient (Wildman–Crippen LogP) is 3.49. The van der Waals surface area contributed by atoms with Gasteiger partial charge in [0.05, 0.1) is 33.2 Å². The van der Waals surface area contributed by atoms with Crippen LogP contribution in [0.4, 0.5) is 5.69 Å². The molecule has 0 aromatic heterocycles. The molecule has 0 aliphatic heterocycles. The van der Waals surface area contributed by atoms with E-state index in [4.69, 9.17) is 18.9 Å². The van der Waals surface area contributed by atoms with Gasteiger partial charge < -0.3 is 24.3 Å². The van der Waals surface area contributed by atoms with Crippen LogP contribution in [0, 0.1) is 0 Å². The highest BCUT2D eigenvalue weighted by Crippen LogP contribution is 2.27. The molecule has 9 heteroatoms. The fourth-order valence-electron chi connectivity index (χ4n) is 2.94. The molecule has 176 valence electrons. The molecule has 9 nitrogen and oxygen atoms in total. The minimum Gasteiger partial charge on any atom is -0.495 e. The Morgan fingerprint density at radius 1 is 0.853 bits per heavy atom. The number of nitrogens with one attached hydrogen (secondary N) is 2. The number of carbonyl (C=O) groups excluding carboxylic acids is 2. The number of hydrogen-bond donors (Lipinski definition) is 2. The van der Waals surface area contributed by atoms with E-state index >= 15 is 0 Å². The summed E-state index contributed by atoms with van der Waals surface area (Å²) >= 11 is 0. The topological polar surface area (TPSA) is 107 Å². The Bertz CT molecular complexity index is 1160. The molecule has 2 N–H and O–H groups in total. The number of anilines is 1. The van der Waals surface area contributed by atoms with E-state index in [-0.39, 0.29) is 12.5 Å². The molecule has 0 fully saturated rings. The summed E-state index contributed by atoms with van der Waals surface area (Å²) in [5, 5.41) is 6.71. The van der Waals surface area contributed by atoms with E-state index in [1.54, 1.807) is 60.7 Å². The van der Waals surface area contributed by atoms with Crippen molar-refractivity contribution in [2.75, 3.05) is 33.3 Å². The molecule has 3 rings (SSSR count). The largest absolute Gasteiger partial charge is 0.495 e. The van der Waals surface area contributed by atoms with Crippen LogP contribution in [0.15, 0.2) is 71.8 Å². The van der Waals surface area contributed by atoms with E-state index in [2.05, 4.69) is 15.8 Å². The molecule has 0 aliphatic carbocycles. The van der Waals surface area contributed by atoms with Gasteiger partial charge in [-0.1, -0.05) is 12.1 Å². The van der Waals surface area contributed by atoms with Gasteiger partial charge >= 0.3 is 0 Å². The van der Waals surface area contributed by atoms with Crippen LogP contribution >= 0.6 is 0 Å². The van der Waals surface area contributed by atoms with Crippen LogP contribution in [0.1, 0.15) is 15.9 Å². The molecule has 0 spiro atoms. The molecule has 3 aromatic carbocycles. The predicted molar refractivity (Wildman–Crippen MR) is 128 cm³/mol. The van der Waals surface area contributed by atoms with Gasteiger partial charge in [0.1, 0.15) is 11.5 Å². The normalized spacial score (nSPS) is 10.4. The molecule has 0 atom stereocenters. The maximum absolute atomic E-state index is 12.3. The number of carbonyl (C=O) groups is 2. The van der Waals surface area contributed by atoms with Crippen molar-refractivity contribution in [3.63, 3.8) is 0 Å². The maximum atomic E-state index is 12.3. The molecule has 0 unspecified atom stereocenters. The lowest BCUT2D eigenvalue weighted by Gasteiger charge is -2.10. The van der Waals surface area contributed by atoms with E-state index < -0.39 is 5.91 Å². The zero-order chi connectivity index (χ0) is 24.3. The molecule has 34 heavy (non-hydrogen) atoms. The van der Waals surface area contributed by atoms with Crippen LogP contribution in [0.5, 0.6) is 23.0 Å². The van der Waals surface area contributed by atoms with Crippen LogP contribution in [-0.2, 0) is 4.79 Å². The summed E-state index contributed by atoms with van der Waals surface area (Å²) in [6.07, 6.45) is 1.50. The van der Waals surface area contributed by atoms with Crippen LogP contribution in [0.2, 0.25) is 0 Å². The quantitative estimate of drug-likeness (QED) is 0.352. The maximum Gasteiger partial charge on any atom is 0.271 e. The number of nitrogens with zero attached hydrogens (tertiary/aromatic N) is 1. The molecule has 0 saturated heterocycles. The van der Waals surface area contributed by atoms with E-state index in [0.29, 0.717) is 34.2 Å². The number of rotatable bonds is 10. The average molecular weight is 463 g/mol. The first kappa shape index (κ1) is 24.1. The van der Waals surface area contributed by atoms with Crippen molar-refractivity contribution in [1.82, 2.24) is 5.43 Å². The first-order valence-corrected chi connectivity index (χ1v) is 10.2. The zero-order valence-electron chi connectivity index (χ0n) is 19.0. The van der Waals surface area contributed by atoms with Crippen LogP contribution in [0.25, 0.3) is 0 Å². The van der Waals surface area contributed by atoms with Gasteiger partial charge in [-0.2, -0.15) is 5.10 Å². The molecule has 3 aromatic rings. The monoisotopic (exact) mass is 463 g/mol. The Balaban J connectivity index is 1.49. The summed E-state index contributed by atoms with van der Waals surface area (Å²) in [5.41, 5.74) is 4.15. The Kier molecular flexibility index (Phi) is 8.45. The van der Waals surface area contributed by atoms with Crippen molar-refractivity contribution in [2.45, 2.75) is 0 Å². The van der Waals surface area contributed by atoms with Gasteiger partial charge in [-0.3, -0.25) is 9.59 Å². The number of benzene rings is 3. The lowest BCUT2D eigenvalue weighted by atomic mass is 10.2. The molecule has 2 amide bonds. The van der Waals surface area contributed by atoms with Crippen molar-refractivity contribution in [3.8, 4) is 23.0 Å². The third-order valence-corrected chi connectivity index (χ3v) is 4.66. The fourth-order valence-corrected chi connectivity index (χ4v) is 2.94. The van der Waals surface area contributed by atoms with Crippen molar-refractivity contribution in [1.29, 1.82) is 0 Å². The lowest BCUT2D eigenvalue weighted by Crippen LogP contribution is -2.20. The second-order valence-electron chi connectivity index (χ2n) is 6.88. The first-order chi connectivity index (χ1) is 16.5. The SMILES string of the molecule is COc1ccccc1NC(=O)COc1ccc(C=NNC(=O)c2ccc(OC)c(OC)c2)cc1. The van der Waals surface area contributed by atoms with Crippen molar-refractivity contribution >= 4 is 23.7 Å². The zero-order valence-corrected chi connectivity index (χ0v) is 19.0. The summed E-state index contributed by atoms with van der Waals surface area (Å²) in [6.45, 7) is -0.160. The highest BCUT2D eigenvalue weighted by Gasteiger charge is 2.10. The molecule has 0 radical (unpaired) electrons. The van der Waals surface area contributed by atoms with Gasteiger partial charge in [-0.05, 0) is 60.2 Å². The third kappa shape index (κ3) is 6.49. The highest BCUT2D eigenvalue weighted by atomic mass is 16.5. The van der Waals surface area contributed by atoms with Gasteiger partial charge in [-0.15, -0.1) is 0 Å². The number of hydrazone groups is 1. The van der Waals surface area contributed by atoms with E-state index in [9.17, 15) is 9.59 Å². The average Bonchev–Trinajstić information content (AvgIpc) is 2.88. The standard InChI is InChI=1S/C25H25N3O6/c1-31-21-7-5-4-6-20(21)27-24(29)16-34-19-11-8-17(9-12-19)15-26-28-25(30)18-10-13-22(32-2)23(14-18)33-3/h4-15H,16H2,1-3H3,(H,27,29)(H,28,30). The summed E-state index contributed by atoms with van der Waals surface area (Å²) in [6, 6.07) is 18.9. The highest BCUT2D eigenvalue weighted by molar-refractivity contribution is 5.95. The van der Waals surface area contributed by atoms with E-state index in [1.165, 1.54) is 27.5 Å². The summed E-state index contributed by atoms with van der Waals surface area (Å²) < 4.78 is 21.1. The first-order valence-electron chi connectivity index (χ1n) is 10.2. The third-order valence-electron chi connectivity index (χ3n) is 4.66. The number of para-hydroxylation sites is 2. The molecule has 0 heterocycles. The van der Waals surface area contributed by atoms with Crippen LogP contribution in [0.3, 0.4) is 0 Å². The van der Waals surface area contributed by atoms with E-state index in [1.807, 2.05) is 6.07 Å². The van der Waals surface area contributed by atoms with Crippen molar-refractivity contribution < 1.29 is 28.5 Å². The summed E-state index contributed by atoms with van der Waals surface area (Å²) in [4.78, 5) is 24.4.